The van der Waals surface area contributed by atoms with E-state index in [0.29, 0.717) is 11.8 Å². The summed E-state index contributed by atoms with van der Waals surface area (Å²) >= 11 is 0. The number of rotatable bonds is 9. The zero-order valence-corrected chi connectivity index (χ0v) is 38.2. The molecule has 5 nitrogen and oxygen atoms in total. The van der Waals surface area contributed by atoms with Crippen molar-refractivity contribution in [3.8, 4) is 16.9 Å². The molecular formula is C57H54N4OSi. The van der Waals surface area contributed by atoms with Gasteiger partial charge >= 0.3 is 0 Å². The summed E-state index contributed by atoms with van der Waals surface area (Å²) in [6, 6.07) is 67.2. The first-order chi connectivity index (χ1) is 30.6. The Morgan fingerprint density at radius 1 is 0.508 bits per heavy atom. The molecule has 0 saturated carbocycles. The van der Waals surface area contributed by atoms with E-state index >= 15 is 0 Å². The molecule has 10 rings (SSSR count). The Balaban J connectivity index is 1.23. The van der Waals surface area contributed by atoms with Gasteiger partial charge in [0.05, 0.1) is 33.6 Å². The summed E-state index contributed by atoms with van der Waals surface area (Å²) in [6.45, 7) is 15.7. The third kappa shape index (κ3) is 6.76. The molecule has 2 aromatic heterocycles. The quantitative estimate of drug-likeness (QED) is 0.107. The molecule has 6 heteroatoms. The van der Waals surface area contributed by atoms with Gasteiger partial charge in [-0.15, -0.1) is 4.94 Å². The molecule has 0 unspecified atom stereocenters. The Morgan fingerprint density at radius 3 is 1.75 bits per heavy atom. The number of fused-ring (bicyclic) bond motifs is 4. The van der Waals surface area contributed by atoms with Gasteiger partial charge in [-0.05, 0) is 124 Å². The molecular weight excluding hydrogens is 785 g/mol. The van der Waals surface area contributed by atoms with Crippen molar-refractivity contribution in [3.05, 3.63) is 199 Å². The molecule has 0 amide bonds. The summed E-state index contributed by atoms with van der Waals surface area (Å²) in [4.78, 5) is 11.9. The summed E-state index contributed by atoms with van der Waals surface area (Å²) in [5.74, 6) is 1.66. The van der Waals surface area contributed by atoms with E-state index < -0.39 is 8.07 Å². The Hall–Kier alpha value is -6.73. The molecule has 9 aromatic rings. The van der Waals surface area contributed by atoms with Crippen molar-refractivity contribution in [2.24, 2.45) is 0 Å². The van der Waals surface area contributed by atoms with Gasteiger partial charge in [0.15, 0.2) is 8.07 Å². The maximum atomic E-state index is 6.78. The van der Waals surface area contributed by atoms with E-state index in [-0.39, 0.29) is 5.54 Å². The second kappa shape index (κ2) is 15.9. The minimum atomic E-state index is -3.05. The van der Waals surface area contributed by atoms with E-state index in [4.69, 9.17) is 9.92 Å². The molecule has 0 saturated heterocycles. The minimum Gasteiger partial charge on any atom is -0.294 e. The largest absolute Gasteiger partial charge is 0.294 e. The van der Waals surface area contributed by atoms with Crippen LogP contribution in [0.25, 0.3) is 38.8 Å². The van der Waals surface area contributed by atoms with Crippen molar-refractivity contribution in [1.82, 2.24) is 9.55 Å². The zero-order chi connectivity index (χ0) is 43.5. The fourth-order valence-corrected chi connectivity index (χ4v) is 14.7. The zero-order valence-electron chi connectivity index (χ0n) is 37.2. The molecule has 0 radical (unpaired) electrons. The van der Waals surface area contributed by atoms with Gasteiger partial charge in [-0.2, -0.15) is 5.06 Å². The average molecular weight is 839 g/mol. The molecule has 0 atom stereocenters. The summed E-state index contributed by atoms with van der Waals surface area (Å²) in [5.41, 5.74) is 10.3. The Morgan fingerprint density at radius 2 is 1.08 bits per heavy atom. The Labute approximate surface area is 372 Å². The highest BCUT2D eigenvalue weighted by molar-refractivity contribution is 7.20. The number of hydrogen-bond donors (Lipinski definition) is 0. The predicted octanol–water partition coefficient (Wildman–Crippen LogP) is 12.1. The normalized spacial score (nSPS) is 13.2. The molecule has 0 fully saturated rings. The summed E-state index contributed by atoms with van der Waals surface area (Å²) in [7, 11) is -3.05. The van der Waals surface area contributed by atoms with Gasteiger partial charge in [0.25, 0.3) is 0 Å². The van der Waals surface area contributed by atoms with Gasteiger partial charge in [0.2, 0.25) is 0 Å². The Kier molecular flexibility index (Phi) is 10.2. The number of hydroxylamine groups is 1. The minimum absolute atomic E-state index is 0.258. The number of pyridine rings is 1. The predicted molar refractivity (Wildman–Crippen MR) is 268 cm³/mol. The highest BCUT2D eigenvalue weighted by Gasteiger charge is 2.43. The fourth-order valence-electron chi connectivity index (χ4n) is 9.92. The summed E-state index contributed by atoms with van der Waals surface area (Å²) in [5, 5.41) is 11.6. The lowest BCUT2D eigenvalue weighted by molar-refractivity contribution is 0.0843. The highest BCUT2D eigenvalue weighted by Crippen LogP contribution is 2.44. The van der Waals surface area contributed by atoms with Crippen LogP contribution in [0.1, 0.15) is 71.4 Å². The van der Waals surface area contributed by atoms with Crippen LogP contribution in [-0.4, -0.2) is 23.2 Å². The van der Waals surface area contributed by atoms with E-state index in [1.165, 1.54) is 53.8 Å². The van der Waals surface area contributed by atoms with Crippen LogP contribution in [0.15, 0.2) is 188 Å². The van der Waals surface area contributed by atoms with Crippen molar-refractivity contribution >= 4 is 67.7 Å². The van der Waals surface area contributed by atoms with Crippen LogP contribution < -0.4 is 30.9 Å². The van der Waals surface area contributed by atoms with Gasteiger partial charge in [-0.25, -0.2) is 10.0 Å². The first-order valence-electron chi connectivity index (χ1n) is 22.3. The smallest absolute Gasteiger partial charge is 0.179 e. The van der Waals surface area contributed by atoms with Gasteiger partial charge in [-0.3, -0.25) is 4.57 Å². The van der Waals surface area contributed by atoms with Crippen molar-refractivity contribution in [3.63, 3.8) is 0 Å². The maximum absolute atomic E-state index is 6.78. The topological polar surface area (TPSA) is 33.5 Å². The highest BCUT2D eigenvalue weighted by atomic mass is 28.3. The average Bonchev–Trinajstić information content (AvgIpc) is 3.87. The number of para-hydroxylation sites is 3. The maximum Gasteiger partial charge on any atom is 0.179 e. The van der Waals surface area contributed by atoms with E-state index in [2.05, 4.69) is 235 Å². The lowest BCUT2D eigenvalue weighted by Gasteiger charge is -2.35. The van der Waals surface area contributed by atoms with Crippen LogP contribution in [0, 0.1) is 0 Å². The molecule has 0 aliphatic carbocycles. The molecule has 1 aliphatic heterocycles. The second-order valence-electron chi connectivity index (χ2n) is 18.5. The third-order valence-corrected chi connectivity index (χ3v) is 17.5. The van der Waals surface area contributed by atoms with Crippen LogP contribution in [0.5, 0.6) is 0 Å². The Bertz CT molecular complexity index is 3050. The number of nitrogens with zero attached hydrogens (tertiary/aromatic N) is 4. The molecule has 63 heavy (non-hydrogen) atoms. The van der Waals surface area contributed by atoms with Gasteiger partial charge < -0.3 is 0 Å². The fraction of sp³-hybridized carbons (Fsp3) is 0.175. The van der Waals surface area contributed by atoms with E-state index in [9.17, 15) is 0 Å². The van der Waals surface area contributed by atoms with Crippen LogP contribution in [0.3, 0.4) is 0 Å². The third-order valence-electron chi connectivity index (χ3n) is 12.8. The van der Waals surface area contributed by atoms with Crippen molar-refractivity contribution in [1.29, 1.82) is 0 Å². The number of anilines is 3. The monoisotopic (exact) mass is 838 g/mol. The van der Waals surface area contributed by atoms with Crippen molar-refractivity contribution in [2.75, 3.05) is 10.1 Å². The van der Waals surface area contributed by atoms with Gasteiger partial charge in [0, 0.05) is 17.0 Å². The molecule has 312 valence electrons. The second-order valence-corrected chi connectivity index (χ2v) is 22.3. The van der Waals surface area contributed by atoms with Crippen LogP contribution in [0.2, 0.25) is 0 Å². The summed E-state index contributed by atoms with van der Waals surface area (Å²) in [6.07, 6.45) is 1.99. The van der Waals surface area contributed by atoms with Gasteiger partial charge in [0.1, 0.15) is 5.82 Å². The number of hydrogen-bond acceptors (Lipinski definition) is 4. The van der Waals surface area contributed by atoms with Crippen LogP contribution >= 0.6 is 0 Å². The van der Waals surface area contributed by atoms with E-state index in [1.54, 1.807) is 0 Å². The molecule has 1 aliphatic rings. The van der Waals surface area contributed by atoms with E-state index in [0.717, 1.165) is 33.9 Å². The summed E-state index contributed by atoms with van der Waals surface area (Å²) < 4.78 is 2.40. The van der Waals surface area contributed by atoms with Gasteiger partial charge in [-0.1, -0.05) is 161 Å². The molecule has 3 heterocycles. The van der Waals surface area contributed by atoms with Crippen LogP contribution in [0.4, 0.5) is 17.1 Å². The number of benzene rings is 7. The first kappa shape index (κ1) is 40.3. The molecule has 7 aromatic carbocycles. The molecule has 0 N–H and O–H groups in total. The standard InChI is InChI=1S/C57H54N4OSi/c1-39(2)47-27-19-28-48(40(3)4)56(47)41-34-35-58-55(36-41)59-51-29-15-14-26-49(51)50-33-32-46(38-54(50)59)63(43-21-10-8-11-22-43,44-23-12-9-13-24-44)45-25-18-20-42(37-45)60-52-30-16-17-31-53(52)61(62-60)57(5,6)7/h8-40H,1-7H3. The molecule has 0 spiro atoms. The van der Waals surface area contributed by atoms with Crippen LogP contribution in [-0.2, 0) is 4.94 Å². The molecule has 0 bridgehead atoms. The lowest BCUT2D eigenvalue weighted by Crippen LogP contribution is -2.74. The number of aromatic nitrogens is 2. The lowest BCUT2D eigenvalue weighted by atomic mass is 9.85. The first-order valence-corrected chi connectivity index (χ1v) is 24.3. The SMILES string of the molecule is CC(C)c1cccc(C(C)C)c1-c1ccnc(-n2c3ccccc3c3ccc([Si](c4ccccc4)(c4ccccc4)c4cccc(N5ON(C(C)(C)C)c6ccccc65)c4)cc32)c1. The van der Waals surface area contributed by atoms with Crippen molar-refractivity contribution < 1.29 is 4.94 Å². The van der Waals surface area contributed by atoms with Crippen molar-refractivity contribution in [2.45, 2.75) is 65.8 Å². The van der Waals surface area contributed by atoms with E-state index in [1.807, 2.05) is 16.3 Å².